The number of amides is 3. The number of aliphatic hydroxyl groups is 1. The van der Waals surface area contributed by atoms with Crippen LogP contribution in [-0.2, 0) is 4.79 Å². The second-order valence-corrected chi connectivity index (χ2v) is 6.70. The number of hydrogen-bond donors (Lipinski definition) is 1. The summed E-state index contributed by atoms with van der Waals surface area (Å²) in [5, 5.41) is 9.63. The Hall–Kier alpha value is -1.99. The van der Waals surface area contributed by atoms with Gasteiger partial charge in [-0.2, -0.15) is 0 Å². The van der Waals surface area contributed by atoms with Crippen LogP contribution in [0, 0.1) is 0 Å². The van der Waals surface area contributed by atoms with Gasteiger partial charge in [0, 0.05) is 63.1 Å². The lowest BCUT2D eigenvalue weighted by atomic mass is 10.2. The molecule has 0 aliphatic carbocycles. The number of carbonyl (C=O) groups excluding carboxylic acids is 2. The molecule has 2 aliphatic heterocycles. The number of piperazine rings is 2. The van der Waals surface area contributed by atoms with Gasteiger partial charge in [0.05, 0.1) is 0 Å². The Morgan fingerprint density at radius 2 is 1.32 bits per heavy atom. The molecule has 0 radical (unpaired) electrons. The van der Waals surface area contributed by atoms with Gasteiger partial charge in [-0.05, 0) is 24.3 Å². The summed E-state index contributed by atoms with van der Waals surface area (Å²) in [5.74, 6) is -0.274. The number of rotatable bonds is 2. The summed E-state index contributed by atoms with van der Waals surface area (Å²) in [6.07, 6.45) is 0. The number of anilines is 1. The van der Waals surface area contributed by atoms with E-state index in [1.54, 1.807) is 9.80 Å². The summed E-state index contributed by atoms with van der Waals surface area (Å²) >= 11 is 5.93. The number of halogens is 1. The third kappa shape index (κ3) is 4.16. The molecule has 3 rings (SSSR count). The molecule has 0 bridgehead atoms. The molecule has 8 heteroatoms. The van der Waals surface area contributed by atoms with Gasteiger partial charge in [-0.1, -0.05) is 11.6 Å². The molecule has 2 aliphatic rings. The molecule has 0 atom stereocenters. The van der Waals surface area contributed by atoms with Crippen molar-refractivity contribution in [2.24, 2.45) is 0 Å². The second-order valence-electron chi connectivity index (χ2n) is 6.26. The minimum atomic E-state index is -0.472. The summed E-state index contributed by atoms with van der Waals surface area (Å²) in [4.78, 5) is 31.6. The largest absolute Gasteiger partial charge is 0.387 e. The summed E-state index contributed by atoms with van der Waals surface area (Å²) in [5.41, 5.74) is 1.12. The molecule has 25 heavy (non-hydrogen) atoms. The molecular formula is C17H23ClN4O3. The highest BCUT2D eigenvalue weighted by atomic mass is 35.5. The van der Waals surface area contributed by atoms with E-state index < -0.39 is 6.61 Å². The van der Waals surface area contributed by atoms with E-state index in [1.165, 1.54) is 0 Å². The standard InChI is InChI=1S/C17H23ClN4O3/c18-14-1-3-15(4-2-14)19-5-9-21(10-6-19)17(25)22-11-7-20(8-12-22)16(24)13-23/h1-4,23H,5-13H2. The molecule has 0 saturated carbocycles. The van der Waals surface area contributed by atoms with Crippen molar-refractivity contribution in [3.8, 4) is 0 Å². The van der Waals surface area contributed by atoms with E-state index >= 15 is 0 Å². The lowest BCUT2D eigenvalue weighted by Gasteiger charge is -2.41. The number of hydrogen-bond acceptors (Lipinski definition) is 4. The van der Waals surface area contributed by atoms with Crippen LogP contribution >= 0.6 is 11.6 Å². The van der Waals surface area contributed by atoms with Crippen LogP contribution in [0.1, 0.15) is 0 Å². The third-order valence-electron chi connectivity index (χ3n) is 4.78. The van der Waals surface area contributed by atoms with Crippen molar-refractivity contribution < 1.29 is 14.7 Å². The third-order valence-corrected chi connectivity index (χ3v) is 5.03. The first-order chi connectivity index (χ1) is 12.1. The number of aliphatic hydroxyl groups excluding tert-OH is 1. The van der Waals surface area contributed by atoms with Gasteiger partial charge in [0.15, 0.2) is 0 Å². The Morgan fingerprint density at radius 1 is 0.840 bits per heavy atom. The Bertz CT molecular complexity index is 609. The van der Waals surface area contributed by atoms with Gasteiger partial charge in [-0.15, -0.1) is 0 Å². The minimum Gasteiger partial charge on any atom is -0.387 e. The molecule has 1 aromatic rings. The van der Waals surface area contributed by atoms with Crippen LogP contribution in [0.4, 0.5) is 10.5 Å². The van der Waals surface area contributed by atoms with Gasteiger partial charge < -0.3 is 24.7 Å². The zero-order chi connectivity index (χ0) is 17.8. The zero-order valence-corrected chi connectivity index (χ0v) is 14.9. The van der Waals surface area contributed by atoms with Crippen molar-refractivity contribution >= 4 is 29.2 Å². The first kappa shape index (κ1) is 17.8. The maximum atomic E-state index is 12.7. The molecule has 2 heterocycles. The summed E-state index contributed by atoms with van der Waals surface area (Å²) in [6.45, 7) is 4.46. The van der Waals surface area contributed by atoms with Gasteiger partial charge in [0.1, 0.15) is 6.61 Å². The molecule has 0 aromatic heterocycles. The maximum absolute atomic E-state index is 12.7. The summed E-state index contributed by atoms with van der Waals surface area (Å²) < 4.78 is 0. The Morgan fingerprint density at radius 3 is 1.84 bits per heavy atom. The lowest BCUT2D eigenvalue weighted by molar-refractivity contribution is -0.135. The molecule has 7 nitrogen and oxygen atoms in total. The molecule has 3 amide bonds. The molecular weight excluding hydrogens is 344 g/mol. The average molecular weight is 367 g/mol. The van der Waals surface area contributed by atoms with Crippen molar-refractivity contribution in [3.63, 3.8) is 0 Å². The van der Waals surface area contributed by atoms with E-state index in [0.29, 0.717) is 39.3 Å². The highest BCUT2D eigenvalue weighted by Gasteiger charge is 2.29. The maximum Gasteiger partial charge on any atom is 0.320 e. The Kier molecular flexibility index (Phi) is 5.65. The molecule has 0 spiro atoms. The van der Waals surface area contributed by atoms with Crippen molar-refractivity contribution in [3.05, 3.63) is 29.3 Å². The number of nitrogens with zero attached hydrogens (tertiary/aromatic N) is 4. The number of carbonyl (C=O) groups is 2. The average Bonchev–Trinajstić information content (AvgIpc) is 2.67. The van der Waals surface area contributed by atoms with Gasteiger partial charge in [0.2, 0.25) is 5.91 Å². The van der Waals surface area contributed by atoms with E-state index in [9.17, 15) is 9.59 Å². The predicted octanol–water partition coefficient (Wildman–Crippen LogP) is 0.719. The van der Waals surface area contributed by atoms with Crippen LogP contribution in [0.15, 0.2) is 24.3 Å². The van der Waals surface area contributed by atoms with Gasteiger partial charge >= 0.3 is 6.03 Å². The van der Waals surface area contributed by atoms with Crippen molar-refractivity contribution in [1.29, 1.82) is 0 Å². The monoisotopic (exact) mass is 366 g/mol. The van der Waals surface area contributed by atoms with E-state index in [4.69, 9.17) is 16.7 Å². The van der Waals surface area contributed by atoms with E-state index in [0.717, 1.165) is 23.8 Å². The van der Waals surface area contributed by atoms with Crippen molar-refractivity contribution in [2.75, 3.05) is 63.9 Å². The van der Waals surface area contributed by atoms with Crippen molar-refractivity contribution in [1.82, 2.24) is 14.7 Å². The van der Waals surface area contributed by atoms with Gasteiger partial charge in [0.25, 0.3) is 0 Å². The molecule has 2 saturated heterocycles. The summed E-state index contributed by atoms with van der Waals surface area (Å²) in [7, 11) is 0. The van der Waals surface area contributed by atoms with Crippen LogP contribution < -0.4 is 4.90 Å². The molecule has 1 N–H and O–H groups in total. The van der Waals surface area contributed by atoms with Crippen LogP contribution in [0.3, 0.4) is 0 Å². The van der Waals surface area contributed by atoms with Crippen LogP contribution in [0.5, 0.6) is 0 Å². The Labute approximate surface area is 152 Å². The van der Waals surface area contributed by atoms with Gasteiger partial charge in [-0.3, -0.25) is 4.79 Å². The fraction of sp³-hybridized carbons (Fsp3) is 0.529. The molecule has 1 aromatic carbocycles. The van der Waals surface area contributed by atoms with E-state index in [1.807, 2.05) is 29.2 Å². The quantitative estimate of drug-likeness (QED) is 0.837. The highest BCUT2D eigenvalue weighted by molar-refractivity contribution is 6.30. The normalized spacial score (nSPS) is 18.5. The lowest BCUT2D eigenvalue weighted by Crippen LogP contribution is -2.57. The fourth-order valence-electron chi connectivity index (χ4n) is 3.25. The molecule has 136 valence electrons. The molecule has 2 fully saturated rings. The van der Waals surface area contributed by atoms with Crippen molar-refractivity contribution in [2.45, 2.75) is 0 Å². The molecule has 0 unspecified atom stereocenters. The minimum absolute atomic E-state index is 0.0341. The van der Waals surface area contributed by atoms with Crippen LogP contribution in [-0.4, -0.2) is 90.7 Å². The predicted molar refractivity (Wildman–Crippen MR) is 95.9 cm³/mol. The fourth-order valence-corrected chi connectivity index (χ4v) is 3.38. The SMILES string of the molecule is O=C(CO)N1CCN(C(=O)N2CCN(c3ccc(Cl)cc3)CC2)CC1. The second kappa shape index (κ2) is 7.93. The highest BCUT2D eigenvalue weighted by Crippen LogP contribution is 2.20. The Balaban J connectivity index is 1.49. The first-order valence-corrected chi connectivity index (χ1v) is 8.89. The number of benzene rings is 1. The van der Waals surface area contributed by atoms with Crippen LogP contribution in [0.2, 0.25) is 5.02 Å². The van der Waals surface area contributed by atoms with E-state index in [-0.39, 0.29) is 11.9 Å². The topological polar surface area (TPSA) is 67.3 Å². The smallest absolute Gasteiger partial charge is 0.320 e. The number of urea groups is 1. The van der Waals surface area contributed by atoms with Gasteiger partial charge in [-0.25, -0.2) is 4.79 Å². The van der Waals surface area contributed by atoms with E-state index in [2.05, 4.69) is 4.90 Å². The first-order valence-electron chi connectivity index (χ1n) is 8.51. The van der Waals surface area contributed by atoms with Crippen LogP contribution in [0.25, 0.3) is 0 Å². The zero-order valence-electron chi connectivity index (χ0n) is 14.1. The summed E-state index contributed by atoms with van der Waals surface area (Å²) in [6, 6.07) is 7.78.